The van der Waals surface area contributed by atoms with Crippen LogP contribution in [-0.2, 0) is 10.0 Å². The normalized spacial score (nSPS) is 11.0. The molecule has 3 aromatic carbocycles. The zero-order valence-corrected chi connectivity index (χ0v) is 17.2. The van der Waals surface area contributed by atoms with Crippen molar-refractivity contribution in [1.82, 2.24) is 0 Å². The highest BCUT2D eigenvalue weighted by Crippen LogP contribution is 2.25. The molecular weight excluding hydrogens is 430 g/mol. The van der Waals surface area contributed by atoms with Crippen molar-refractivity contribution < 1.29 is 18.1 Å². The first-order valence-corrected chi connectivity index (χ1v) is 10.5. The van der Waals surface area contributed by atoms with Crippen molar-refractivity contribution in [2.75, 3.05) is 10.0 Å². The summed E-state index contributed by atoms with van der Waals surface area (Å²) in [5.74, 6) is -0.642. The molecule has 0 aliphatic rings. The average Bonchev–Trinajstić information content (AvgIpc) is 2.69. The Labute approximate surface area is 177 Å². The Morgan fingerprint density at radius 1 is 1.00 bits per heavy atom. The van der Waals surface area contributed by atoms with Crippen molar-refractivity contribution in [3.8, 4) is 0 Å². The van der Waals surface area contributed by atoms with Gasteiger partial charge in [-0.05, 0) is 43.3 Å². The van der Waals surface area contributed by atoms with Crippen molar-refractivity contribution in [3.05, 3.63) is 93.0 Å². The summed E-state index contributed by atoms with van der Waals surface area (Å²) in [5, 5.41) is 13.5. The van der Waals surface area contributed by atoms with Crippen molar-refractivity contribution in [1.29, 1.82) is 0 Å². The van der Waals surface area contributed by atoms with Gasteiger partial charge in [-0.2, -0.15) is 0 Å². The molecule has 0 aromatic heterocycles. The van der Waals surface area contributed by atoms with Gasteiger partial charge in [0, 0.05) is 23.5 Å². The molecule has 0 unspecified atom stereocenters. The van der Waals surface area contributed by atoms with Crippen LogP contribution in [0.15, 0.2) is 71.6 Å². The fourth-order valence-corrected chi connectivity index (χ4v) is 3.84. The number of hydrogen-bond acceptors (Lipinski definition) is 5. The minimum Gasteiger partial charge on any atom is -0.322 e. The molecule has 0 saturated heterocycles. The van der Waals surface area contributed by atoms with Crippen LogP contribution in [0.25, 0.3) is 0 Å². The number of nitro groups is 1. The van der Waals surface area contributed by atoms with E-state index in [4.69, 9.17) is 11.6 Å². The molecule has 154 valence electrons. The summed E-state index contributed by atoms with van der Waals surface area (Å²) in [6.07, 6.45) is 0. The summed E-state index contributed by atoms with van der Waals surface area (Å²) in [7, 11) is -3.86. The number of anilines is 2. The minimum absolute atomic E-state index is 0.00674. The molecule has 0 spiro atoms. The number of sulfonamides is 1. The SMILES string of the molecule is Cc1ccc(S(=O)(=O)Nc2ccc(Cl)c(C(=O)Nc3cccc([N+](=O)[O-])c3)c2)cc1. The van der Waals surface area contributed by atoms with E-state index in [1.54, 1.807) is 12.1 Å². The molecule has 0 bridgehead atoms. The lowest BCUT2D eigenvalue weighted by Crippen LogP contribution is -2.15. The van der Waals surface area contributed by atoms with Crippen LogP contribution in [0, 0.1) is 17.0 Å². The molecular formula is C20H16ClN3O5S. The molecule has 0 fully saturated rings. The molecule has 30 heavy (non-hydrogen) atoms. The van der Waals surface area contributed by atoms with Gasteiger partial charge in [-0.3, -0.25) is 19.6 Å². The molecule has 0 heterocycles. The second-order valence-corrected chi connectivity index (χ2v) is 8.46. The van der Waals surface area contributed by atoms with E-state index in [0.29, 0.717) is 0 Å². The molecule has 0 aliphatic heterocycles. The predicted octanol–water partition coefficient (Wildman–Crippen LogP) is 4.61. The summed E-state index contributed by atoms with van der Waals surface area (Å²) in [4.78, 5) is 23.0. The van der Waals surface area contributed by atoms with E-state index >= 15 is 0 Å². The molecule has 0 atom stereocenters. The lowest BCUT2D eigenvalue weighted by molar-refractivity contribution is -0.384. The number of halogens is 1. The maximum Gasteiger partial charge on any atom is 0.271 e. The highest BCUT2D eigenvalue weighted by atomic mass is 35.5. The summed E-state index contributed by atoms with van der Waals surface area (Å²) in [6.45, 7) is 1.84. The van der Waals surface area contributed by atoms with E-state index in [2.05, 4.69) is 10.0 Å². The lowest BCUT2D eigenvalue weighted by Gasteiger charge is -2.11. The Morgan fingerprint density at radius 3 is 2.37 bits per heavy atom. The van der Waals surface area contributed by atoms with E-state index in [9.17, 15) is 23.3 Å². The maximum atomic E-state index is 12.6. The van der Waals surface area contributed by atoms with Crippen LogP contribution in [0.1, 0.15) is 15.9 Å². The highest BCUT2D eigenvalue weighted by molar-refractivity contribution is 7.92. The van der Waals surface area contributed by atoms with Crippen molar-refractivity contribution in [2.45, 2.75) is 11.8 Å². The van der Waals surface area contributed by atoms with E-state index in [1.807, 2.05) is 6.92 Å². The van der Waals surface area contributed by atoms with Crippen LogP contribution >= 0.6 is 11.6 Å². The molecule has 3 aromatic rings. The molecule has 1 amide bonds. The summed E-state index contributed by atoms with van der Waals surface area (Å²) >= 11 is 6.10. The van der Waals surface area contributed by atoms with Gasteiger partial charge in [-0.1, -0.05) is 35.4 Å². The summed E-state index contributed by atoms with van der Waals surface area (Å²) in [6, 6.07) is 15.8. The van der Waals surface area contributed by atoms with Crippen LogP contribution in [0.3, 0.4) is 0 Å². The number of carbonyl (C=O) groups is 1. The number of amides is 1. The van der Waals surface area contributed by atoms with Crippen LogP contribution in [0.4, 0.5) is 17.1 Å². The number of benzene rings is 3. The van der Waals surface area contributed by atoms with Crippen molar-refractivity contribution >= 4 is 44.6 Å². The molecule has 2 N–H and O–H groups in total. The Bertz CT molecular complexity index is 1230. The number of rotatable bonds is 6. The van der Waals surface area contributed by atoms with Gasteiger partial charge in [-0.15, -0.1) is 0 Å². The third-order valence-electron chi connectivity index (χ3n) is 4.11. The smallest absolute Gasteiger partial charge is 0.271 e. The first-order valence-electron chi connectivity index (χ1n) is 8.60. The maximum absolute atomic E-state index is 12.6. The van der Waals surface area contributed by atoms with Gasteiger partial charge >= 0.3 is 0 Å². The second-order valence-electron chi connectivity index (χ2n) is 6.37. The second kappa shape index (κ2) is 8.52. The first-order chi connectivity index (χ1) is 14.2. The van der Waals surface area contributed by atoms with Gasteiger partial charge in [0.25, 0.3) is 21.6 Å². The van der Waals surface area contributed by atoms with Crippen LogP contribution in [0.2, 0.25) is 5.02 Å². The quantitative estimate of drug-likeness (QED) is 0.424. The van der Waals surface area contributed by atoms with Gasteiger partial charge in [0.1, 0.15) is 0 Å². The number of hydrogen-bond donors (Lipinski definition) is 2. The number of nitrogens with zero attached hydrogens (tertiary/aromatic N) is 1. The highest BCUT2D eigenvalue weighted by Gasteiger charge is 2.17. The van der Waals surface area contributed by atoms with Gasteiger partial charge < -0.3 is 5.32 Å². The molecule has 3 rings (SSSR count). The minimum atomic E-state index is -3.86. The Hall–Kier alpha value is -3.43. The zero-order valence-electron chi connectivity index (χ0n) is 15.6. The lowest BCUT2D eigenvalue weighted by atomic mass is 10.2. The topological polar surface area (TPSA) is 118 Å². The van der Waals surface area contributed by atoms with E-state index in [-0.39, 0.29) is 32.5 Å². The summed E-state index contributed by atoms with van der Waals surface area (Å²) in [5.41, 5.74) is 1.09. The van der Waals surface area contributed by atoms with Gasteiger partial charge in [-0.25, -0.2) is 8.42 Å². The molecule has 0 radical (unpaired) electrons. The Morgan fingerprint density at radius 2 is 1.70 bits per heavy atom. The van der Waals surface area contributed by atoms with Crippen molar-refractivity contribution in [2.24, 2.45) is 0 Å². The number of aryl methyl sites for hydroxylation is 1. The first kappa shape index (κ1) is 21.3. The molecule has 8 nitrogen and oxygen atoms in total. The van der Waals surface area contributed by atoms with Gasteiger partial charge in [0.15, 0.2) is 0 Å². The number of nitro benzene ring substituents is 1. The third-order valence-corrected chi connectivity index (χ3v) is 5.84. The number of nitrogens with one attached hydrogen (secondary N) is 2. The predicted molar refractivity (Wildman–Crippen MR) is 114 cm³/mol. The van der Waals surface area contributed by atoms with Gasteiger partial charge in [0.05, 0.1) is 20.4 Å². The summed E-state index contributed by atoms with van der Waals surface area (Å²) < 4.78 is 27.5. The van der Waals surface area contributed by atoms with Crippen LogP contribution in [-0.4, -0.2) is 19.2 Å². The molecule has 10 heteroatoms. The largest absolute Gasteiger partial charge is 0.322 e. The average molecular weight is 446 g/mol. The zero-order chi connectivity index (χ0) is 21.9. The standard InChI is InChI=1S/C20H16ClN3O5S/c1-13-5-8-17(9-6-13)30(28,29)23-15-7-10-19(21)18(12-15)20(25)22-14-3-2-4-16(11-14)24(26)27/h2-12,23H,1H3,(H,22,25). The Kier molecular flexibility index (Phi) is 6.04. The van der Waals surface area contributed by atoms with Crippen molar-refractivity contribution in [3.63, 3.8) is 0 Å². The number of non-ortho nitro benzene ring substituents is 1. The fraction of sp³-hybridized carbons (Fsp3) is 0.0500. The monoisotopic (exact) mass is 445 g/mol. The van der Waals surface area contributed by atoms with Gasteiger partial charge in [0.2, 0.25) is 0 Å². The number of carbonyl (C=O) groups excluding carboxylic acids is 1. The third kappa shape index (κ3) is 4.94. The molecule has 0 saturated carbocycles. The van der Waals surface area contributed by atoms with E-state index in [0.717, 1.165) is 5.56 Å². The van der Waals surface area contributed by atoms with Crippen LogP contribution in [0.5, 0.6) is 0 Å². The van der Waals surface area contributed by atoms with E-state index in [1.165, 1.54) is 54.6 Å². The Balaban J connectivity index is 1.84. The van der Waals surface area contributed by atoms with Crippen LogP contribution < -0.4 is 10.0 Å². The fourth-order valence-electron chi connectivity index (χ4n) is 2.59. The van der Waals surface area contributed by atoms with E-state index < -0.39 is 20.9 Å². The molecule has 0 aliphatic carbocycles.